The number of methoxy groups -OCH3 is 1. The van der Waals surface area contributed by atoms with Crippen molar-refractivity contribution in [3.8, 4) is 16.8 Å². The summed E-state index contributed by atoms with van der Waals surface area (Å²) in [7, 11) is 1.22. The van der Waals surface area contributed by atoms with Gasteiger partial charge in [-0.1, -0.05) is 6.07 Å². The van der Waals surface area contributed by atoms with Crippen LogP contribution in [0.25, 0.3) is 16.8 Å². The first kappa shape index (κ1) is 19.7. The molecule has 0 fully saturated rings. The lowest BCUT2D eigenvalue weighted by molar-refractivity contribution is -0.384. The van der Waals surface area contributed by atoms with E-state index in [0.29, 0.717) is 5.56 Å². The molecule has 29 heavy (non-hydrogen) atoms. The van der Waals surface area contributed by atoms with Crippen LogP contribution in [0.4, 0.5) is 5.69 Å². The molecule has 9 heteroatoms. The number of carbonyl (C=O) groups excluding carboxylic acids is 2. The van der Waals surface area contributed by atoms with Crippen molar-refractivity contribution in [1.29, 1.82) is 0 Å². The molecule has 1 aromatic carbocycles. The lowest BCUT2D eigenvalue weighted by atomic mass is 10.1. The minimum atomic E-state index is -0.668. The Morgan fingerprint density at radius 2 is 1.97 bits per heavy atom. The quantitative estimate of drug-likeness (QED) is 0.357. The number of hydrogen-bond donors (Lipinski definition) is 0. The number of hydrogen-bond acceptors (Lipinski definition) is 7. The molecule has 2 aromatic heterocycles. The average molecular weight is 395 g/mol. The third-order valence-electron chi connectivity index (χ3n) is 4.15. The van der Waals surface area contributed by atoms with Gasteiger partial charge in [-0.25, -0.2) is 9.59 Å². The predicted molar refractivity (Wildman–Crippen MR) is 103 cm³/mol. The van der Waals surface area contributed by atoms with Gasteiger partial charge in [-0.15, -0.1) is 0 Å². The predicted octanol–water partition coefficient (Wildman–Crippen LogP) is 3.41. The minimum Gasteiger partial charge on any atom is -0.464 e. The van der Waals surface area contributed by atoms with Gasteiger partial charge in [0, 0.05) is 35.8 Å². The normalized spacial score (nSPS) is 10.4. The van der Waals surface area contributed by atoms with E-state index in [4.69, 9.17) is 9.47 Å². The van der Waals surface area contributed by atoms with E-state index in [1.807, 2.05) is 0 Å². The lowest BCUT2D eigenvalue weighted by Crippen LogP contribution is -2.11. The van der Waals surface area contributed by atoms with Gasteiger partial charge in [-0.2, -0.15) is 0 Å². The van der Waals surface area contributed by atoms with Crippen LogP contribution in [0, 0.1) is 10.1 Å². The molecule has 0 saturated carbocycles. The van der Waals surface area contributed by atoms with Crippen LogP contribution >= 0.6 is 0 Å². The van der Waals surface area contributed by atoms with Gasteiger partial charge in [0.25, 0.3) is 5.69 Å². The summed E-state index contributed by atoms with van der Waals surface area (Å²) in [6.07, 6.45) is 4.80. The Hall–Kier alpha value is -4.01. The van der Waals surface area contributed by atoms with Crippen LogP contribution in [0.5, 0.6) is 0 Å². The maximum Gasteiger partial charge on any atom is 0.355 e. The fourth-order valence-corrected chi connectivity index (χ4v) is 2.83. The fourth-order valence-electron chi connectivity index (χ4n) is 2.83. The van der Waals surface area contributed by atoms with Gasteiger partial charge < -0.3 is 14.0 Å². The molecule has 0 saturated heterocycles. The molecule has 148 valence electrons. The summed E-state index contributed by atoms with van der Waals surface area (Å²) in [5.74, 6) is -1.33. The maximum absolute atomic E-state index is 12.3. The van der Waals surface area contributed by atoms with Crippen LogP contribution in [-0.2, 0) is 9.47 Å². The number of pyridine rings is 1. The molecule has 0 spiro atoms. The number of benzene rings is 1. The monoisotopic (exact) mass is 395 g/mol. The van der Waals surface area contributed by atoms with E-state index in [1.165, 1.54) is 23.8 Å². The van der Waals surface area contributed by atoms with E-state index in [-0.39, 0.29) is 29.2 Å². The molecule has 0 aliphatic heterocycles. The molecule has 0 atom stereocenters. The second-order valence-corrected chi connectivity index (χ2v) is 5.90. The zero-order chi connectivity index (χ0) is 21.0. The van der Waals surface area contributed by atoms with E-state index in [1.54, 1.807) is 43.7 Å². The highest BCUT2D eigenvalue weighted by Gasteiger charge is 2.24. The summed E-state index contributed by atoms with van der Waals surface area (Å²) < 4.78 is 11.1. The highest BCUT2D eigenvalue weighted by atomic mass is 16.6. The smallest absolute Gasteiger partial charge is 0.355 e. The van der Waals surface area contributed by atoms with Crippen molar-refractivity contribution >= 4 is 17.6 Å². The second-order valence-electron chi connectivity index (χ2n) is 5.90. The van der Waals surface area contributed by atoms with Gasteiger partial charge in [-0.3, -0.25) is 15.1 Å². The molecule has 2 heterocycles. The topological polar surface area (TPSA) is 114 Å². The zero-order valence-electron chi connectivity index (χ0n) is 15.7. The van der Waals surface area contributed by atoms with Crippen molar-refractivity contribution in [2.24, 2.45) is 0 Å². The molecule has 0 amide bonds. The molecule has 3 aromatic rings. The molecular weight excluding hydrogens is 378 g/mol. The largest absolute Gasteiger partial charge is 0.464 e. The third kappa shape index (κ3) is 3.98. The Balaban J connectivity index is 2.18. The third-order valence-corrected chi connectivity index (χ3v) is 4.15. The number of carbonyl (C=O) groups is 2. The van der Waals surface area contributed by atoms with Crippen LogP contribution in [0.2, 0.25) is 0 Å². The van der Waals surface area contributed by atoms with Gasteiger partial charge >= 0.3 is 11.9 Å². The van der Waals surface area contributed by atoms with Gasteiger partial charge in [0.1, 0.15) is 11.4 Å². The molecule has 0 radical (unpaired) electrons. The fraction of sp³-hybridized carbons (Fsp3) is 0.150. The molecular formula is C20H17N3O6. The van der Waals surface area contributed by atoms with Crippen LogP contribution in [0.3, 0.4) is 0 Å². The highest BCUT2D eigenvalue weighted by Crippen LogP contribution is 2.30. The van der Waals surface area contributed by atoms with Crippen molar-refractivity contribution in [3.63, 3.8) is 0 Å². The molecule has 9 nitrogen and oxygen atoms in total. The molecule has 0 aliphatic rings. The zero-order valence-corrected chi connectivity index (χ0v) is 15.7. The summed E-state index contributed by atoms with van der Waals surface area (Å²) in [4.78, 5) is 39.3. The SMILES string of the molecule is CCOC(=O)c1ccc(-n2cc(-c3cccnc3)cc2C(=O)OC)c([N+](=O)[O-])c1. The Morgan fingerprint density at radius 3 is 2.59 bits per heavy atom. The van der Waals surface area contributed by atoms with Crippen molar-refractivity contribution in [2.45, 2.75) is 6.92 Å². The maximum atomic E-state index is 12.3. The van der Waals surface area contributed by atoms with Gasteiger partial charge in [0.05, 0.1) is 24.2 Å². The molecule has 0 unspecified atom stereocenters. The van der Waals surface area contributed by atoms with Crippen LogP contribution in [0.1, 0.15) is 27.8 Å². The van der Waals surface area contributed by atoms with Crippen molar-refractivity contribution in [2.75, 3.05) is 13.7 Å². The van der Waals surface area contributed by atoms with E-state index in [2.05, 4.69) is 4.98 Å². The summed E-state index contributed by atoms with van der Waals surface area (Å²) in [5.41, 5.74) is 1.25. The summed E-state index contributed by atoms with van der Waals surface area (Å²) in [6, 6.07) is 9.02. The van der Waals surface area contributed by atoms with E-state index < -0.39 is 16.9 Å². The first-order valence-electron chi connectivity index (χ1n) is 8.63. The van der Waals surface area contributed by atoms with E-state index in [9.17, 15) is 19.7 Å². The van der Waals surface area contributed by atoms with Crippen molar-refractivity contribution in [1.82, 2.24) is 9.55 Å². The van der Waals surface area contributed by atoms with E-state index >= 15 is 0 Å². The number of nitro benzene ring substituents is 1. The average Bonchev–Trinajstić information content (AvgIpc) is 3.18. The van der Waals surface area contributed by atoms with Gasteiger partial charge in [-0.05, 0) is 31.2 Å². The number of nitro groups is 1. The molecule has 3 rings (SSSR count). The number of esters is 2. The summed E-state index contributed by atoms with van der Waals surface area (Å²) in [6.45, 7) is 1.79. The van der Waals surface area contributed by atoms with Gasteiger partial charge in [0.15, 0.2) is 0 Å². The van der Waals surface area contributed by atoms with Crippen LogP contribution in [-0.4, -0.2) is 40.1 Å². The van der Waals surface area contributed by atoms with Crippen LogP contribution in [0.15, 0.2) is 55.0 Å². The Labute approximate surface area is 165 Å². The molecule has 0 aliphatic carbocycles. The molecule has 0 N–H and O–H groups in total. The Kier molecular flexibility index (Phi) is 5.68. The number of nitrogens with zero attached hydrogens (tertiary/aromatic N) is 3. The number of aromatic nitrogens is 2. The second kappa shape index (κ2) is 8.34. The number of ether oxygens (including phenoxy) is 2. The Bertz CT molecular complexity index is 1080. The van der Waals surface area contributed by atoms with E-state index in [0.717, 1.165) is 11.6 Å². The van der Waals surface area contributed by atoms with Crippen molar-refractivity contribution < 1.29 is 24.0 Å². The summed E-state index contributed by atoms with van der Waals surface area (Å²) in [5, 5.41) is 11.7. The first-order chi connectivity index (χ1) is 14.0. The first-order valence-corrected chi connectivity index (χ1v) is 8.63. The standard InChI is InChI=1S/C20H17N3O6/c1-3-29-19(24)13-6-7-16(17(9-13)23(26)27)22-12-15(10-18(22)20(25)28-2)14-5-4-8-21-11-14/h4-12H,3H2,1-2H3. The summed E-state index contributed by atoms with van der Waals surface area (Å²) >= 11 is 0. The van der Waals surface area contributed by atoms with Crippen molar-refractivity contribution in [3.05, 3.63) is 76.4 Å². The van der Waals surface area contributed by atoms with Crippen LogP contribution < -0.4 is 0 Å². The lowest BCUT2D eigenvalue weighted by Gasteiger charge is -2.10. The molecule has 0 bridgehead atoms. The van der Waals surface area contributed by atoms with Gasteiger partial charge in [0.2, 0.25) is 0 Å². The highest BCUT2D eigenvalue weighted by molar-refractivity contribution is 5.93. The minimum absolute atomic E-state index is 0.0431. The number of rotatable bonds is 6. The Morgan fingerprint density at radius 1 is 1.17 bits per heavy atom.